The number of methoxy groups -OCH3 is 1. The van der Waals surface area contributed by atoms with E-state index in [1.54, 1.807) is 7.11 Å². The second-order valence-corrected chi connectivity index (χ2v) is 7.18. The first-order chi connectivity index (χ1) is 12.6. The fraction of sp³-hybridized carbons (Fsp3) is 0.409. The molecule has 0 bridgehead atoms. The number of benzene rings is 2. The van der Waals surface area contributed by atoms with E-state index >= 15 is 0 Å². The number of morpholine rings is 1. The van der Waals surface area contributed by atoms with Crippen molar-refractivity contribution in [2.45, 2.75) is 26.4 Å². The van der Waals surface area contributed by atoms with Crippen LogP contribution in [-0.4, -0.2) is 43.7 Å². The van der Waals surface area contributed by atoms with E-state index < -0.39 is 0 Å². The number of hydrogen-bond acceptors (Lipinski definition) is 3. The third kappa shape index (κ3) is 4.44. The predicted octanol–water partition coefficient (Wildman–Crippen LogP) is 4.25. The van der Waals surface area contributed by atoms with Crippen LogP contribution in [0.1, 0.15) is 30.6 Å². The largest absolute Gasteiger partial charge is 0.497 e. The molecule has 4 nitrogen and oxygen atoms in total. The second-order valence-electron chi connectivity index (χ2n) is 7.18. The maximum Gasteiger partial charge on any atom is 0.254 e. The fourth-order valence-electron chi connectivity index (χ4n) is 3.36. The van der Waals surface area contributed by atoms with Crippen molar-refractivity contribution in [2.24, 2.45) is 5.92 Å². The van der Waals surface area contributed by atoms with Gasteiger partial charge in [-0.05, 0) is 47.7 Å². The molecule has 1 unspecified atom stereocenters. The SMILES string of the molecule is COc1cccc(-c2ccc(C(=O)N3CCOC(CC(C)C)C3)cc2)c1. The van der Waals surface area contributed by atoms with E-state index in [1.807, 2.05) is 53.4 Å². The molecule has 26 heavy (non-hydrogen) atoms. The van der Waals surface area contributed by atoms with Gasteiger partial charge in [0, 0.05) is 18.7 Å². The molecule has 0 radical (unpaired) electrons. The van der Waals surface area contributed by atoms with Gasteiger partial charge < -0.3 is 14.4 Å². The van der Waals surface area contributed by atoms with Crippen LogP contribution in [0.3, 0.4) is 0 Å². The van der Waals surface area contributed by atoms with Gasteiger partial charge in [-0.3, -0.25) is 4.79 Å². The molecule has 1 fully saturated rings. The minimum Gasteiger partial charge on any atom is -0.497 e. The van der Waals surface area contributed by atoms with Crippen molar-refractivity contribution in [2.75, 3.05) is 26.8 Å². The molecule has 0 aliphatic carbocycles. The lowest BCUT2D eigenvalue weighted by molar-refractivity contribution is -0.0298. The average molecular weight is 353 g/mol. The van der Waals surface area contributed by atoms with E-state index in [1.165, 1.54) is 0 Å². The van der Waals surface area contributed by atoms with Crippen molar-refractivity contribution in [1.82, 2.24) is 4.90 Å². The molecule has 1 amide bonds. The number of hydrogen-bond donors (Lipinski definition) is 0. The molecule has 0 spiro atoms. The Hall–Kier alpha value is -2.33. The summed E-state index contributed by atoms with van der Waals surface area (Å²) >= 11 is 0. The highest BCUT2D eigenvalue weighted by Crippen LogP contribution is 2.24. The molecular weight excluding hydrogens is 326 g/mol. The zero-order valence-corrected chi connectivity index (χ0v) is 15.8. The van der Waals surface area contributed by atoms with Gasteiger partial charge in [-0.2, -0.15) is 0 Å². The minimum atomic E-state index is 0.0826. The highest BCUT2D eigenvalue weighted by atomic mass is 16.5. The average Bonchev–Trinajstić information content (AvgIpc) is 2.67. The summed E-state index contributed by atoms with van der Waals surface area (Å²) in [5.74, 6) is 1.48. The molecule has 4 heteroatoms. The van der Waals surface area contributed by atoms with Gasteiger partial charge in [0.1, 0.15) is 5.75 Å². The summed E-state index contributed by atoms with van der Waals surface area (Å²) in [7, 11) is 1.66. The van der Waals surface area contributed by atoms with Crippen molar-refractivity contribution in [3.05, 3.63) is 54.1 Å². The Morgan fingerprint density at radius 2 is 1.96 bits per heavy atom. The zero-order valence-electron chi connectivity index (χ0n) is 15.8. The maximum atomic E-state index is 12.8. The van der Waals surface area contributed by atoms with Gasteiger partial charge in [0.25, 0.3) is 5.91 Å². The van der Waals surface area contributed by atoms with Crippen LogP contribution in [0.25, 0.3) is 11.1 Å². The monoisotopic (exact) mass is 353 g/mol. The summed E-state index contributed by atoms with van der Waals surface area (Å²) in [6.07, 6.45) is 1.13. The first-order valence-corrected chi connectivity index (χ1v) is 9.22. The molecular formula is C22H27NO3. The Bertz CT molecular complexity index is 739. The lowest BCUT2D eigenvalue weighted by Crippen LogP contribution is -2.46. The zero-order chi connectivity index (χ0) is 18.5. The quantitative estimate of drug-likeness (QED) is 0.807. The molecule has 1 heterocycles. The highest BCUT2D eigenvalue weighted by Gasteiger charge is 2.25. The van der Waals surface area contributed by atoms with Crippen LogP contribution in [-0.2, 0) is 4.74 Å². The van der Waals surface area contributed by atoms with Crippen molar-refractivity contribution in [1.29, 1.82) is 0 Å². The Morgan fingerprint density at radius 3 is 2.65 bits per heavy atom. The van der Waals surface area contributed by atoms with Gasteiger partial charge in [0.2, 0.25) is 0 Å². The number of carbonyl (C=O) groups excluding carboxylic acids is 1. The molecule has 1 aliphatic rings. The number of ether oxygens (including phenoxy) is 2. The Balaban J connectivity index is 1.70. The molecule has 138 valence electrons. The number of carbonyl (C=O) groups is 1. The van der Waals surface area contributed by atoms with Crippen LogP contribution in [0.2, 0.25) is 0 Å². The van der Waals surface area contributed by atoms with E-state index in [4.69, 9.17) is 9.47 Å². The first-order valence-electron chi connectivity index (χ1n) is 9.22. The summed E-state index contributed by atoms with van der Waals surface area (Å²) in [5.41, 5.74) is 2.87. The van der Waals surface area contributed by atoms with Crippen molar-refractivity contribution >= 4 is 5.91 Å². The molecule has 0 aromatic heterocycles. The van der Waals surface area contributed by atoms with Crippen LogP contribution in [0.4, 0.5) is 0 Å². The van der Waals surface area contributed by atoms with Crippen LogP contribution in [0.15, 0.2) is 48.5 Å². The molecule has 1 saturated heterocycles. The fourth-order valence-corrected chi connectivity index (χ4v) is 3.36. The molecule has 2 aromatic rings. The summed E-state index contributed by atoms with van der Waals surface area (Å²) in [4.78, 5) is 14.7. The first kappa shape index (κ1) is 18.5. The van der Waals surface area contributed by atoms with Crippen LogP contribution < -0.4 is 4.74 Å². The van der Waals surface area contributed by atoms with Crippen LogP contribution in [0.5, 0.6) is 5.75 Å². The van der Waals surface area contributed by atoms with E-state index in [0.29, 0.717) is 25.6 Å². The van der Waals surface area contributed by atoms with Gasteiger partial charge in [0.15, 0.2) is 0 Å². The second kappa shape index (κ2) is 8.37. The summed E-state index contributed by atoms with van der Waals surface area (Å²) < 4.78 is 11.1. The summed E-state index contributed by atoms with van der Waals surface area (Å²) in [5, 5.41) is 0. The molecule has 0 saturated carbocycles. The standard InChI is InChI=1S/C22H27NO3/c1-16(2)13-21-15-23(11-12-26-21)22(24)18-9-7-17(8-10-18)19-5-4-6-20(14-19)25-3/h4-10,14,16,21H,11-13,15H2,1-3H3. The summed E-state index contributed by atoms with van der Waals surface area (Å²) in [6, 6.07) is 15.7. The van der Waals surface area contributed by atoms with E-state index in [-0.39, 0.29) is 12.0 Å². The molecule has 0 N–H and O–H groups in total. The maximum absolute atomic E-state index is 12.8. The van der Waals surface area contributed by atoms with Crippen LogP contribution >= 0.6 is 0 Å². The molecule has 2 aromatic carbocycles. The molecule has 1 aliphatic heterocycles. The van der Waals surface area contributed by atoms with Crippen molar-refractivity contribution in [3.8, 4) is 16.9 Å². The Kier molecular flexibility index (Phi) is 5.94. The number of nitrogens with zero attached hydrogens (tertiary/aromatic N) is 1. The number of amides is 1. The van der Waals surface area contributed by atoms with E-state index in [0.717, 1.165) is 28.9 Å². The predicted molar refractivity (Wildman–Crippen MR) is 104 cm³/mol. The van der Waals surface area contributed by atoms with Crippen molar-refractivity contribution < 1.29 is 14.3 Å². The minimum absolute atomic E-state index is 0.0826. The van der Waals surface area contributed by atoms with Gasteiger partial charge in [-0.1, -0.05) is 38.1 Å². The van der Waals surface area contributed by atoms with E-state index in [2.05, 4.69) is 13.8 Å². The third-order valence-corrected chi connectivity index (χ3v) is 4.70. The summed E-state index contributed by atoms with van der Waals surface area (Å²) in [6.45, 7) is 6.31. The topological polar surface area (TPSA) is 38.8 Å². The Morgan fingerprint density at radius 1 is 1.19 bits per heavy atom. The molecule has 3 rings (SSSR count). The number of rotatable bonds is 5. The normalized spacial score (nSPS) is 17.4. The van der Waals surface area contributed by atoms with Crippen molar-refractivity contribution in [3.63, 3.8) is 0 Å². The Labute approximate surface area is 155 Å². The lowest BCUT2D eigenvalue weighted by atomic mass is 10.0. The van der Waals surface area contributed by atoms with Gasteiger partial charge in [0.05, 0.1) is 19.8 Å². The van der Waals surface area contributed by atoms with Gasteiger partial charge >= 0.3 is 0 Å². The highest BCUT2D eigenvalue weighted by molar-refractivity contribution is 5.94. The van der Waals surface area contributed by atoms with E-state index in [9.17, 15) is 4.79 Å². The van der Waals surface area contributed by atoms with Gasteiger partial charge in [-0.25, -0.2) is 0 Å². The van der Waals surface area contributed by atoms with Gasteiger partial charge in [-0.15, -0.1) is 0 Å². The smallest absolute Gasteiger partial charge is 0.254 e. The third-order valence-electron chi connectivity index (χ3n) is 4.70. The van der Waals surface area contributed by atoms with Crippen LogP contribution in [0, 0.1) is 5.92 Å². The molecule has 1 atom stereocenters. The lowest BCUT2D eigenvalue weighted by Gasteiger charge is -2.33.